The molecule has 0 radical (unpaired) electrons. The molecule has 4 aromatic rings. The molecule has 0 spiro atoms. The van der Waals surface area contributed by atoms with Crippen molar-refractivity contribution in [1.29, 1.82) is 0 Å². The van der Waals surface area contributed by atoms with Crippen molar-refractivity contribution in [2.75, 3.05) is 6.61 Å². The summed E-state index contributed by atoms with van der Waals surface area (Å²) < 4.78 is 11.4. The van der Waals surface area contributed by atoms with E-state index in [1.807, 2.05) is 78.9 Å². The van der Waals surface area contributed by atoms with E-state index in [0.29, 0.717) is 5.56 Å². The van der Waals surface area contributed by atoms with Gasteiger partial charge in [-0.15, -0.1) is 0 Å². The van der Waals surface area contributed by atoms with Gasteiger partial charge in [-0.1, -0.05) is 109 Å². The number of benzene rings is 4. The highest BCUT2D eigenvalue weighted by Gasteiger charge is 2.33. The van der Waals surface area contributed by atoms with E-state index in [-0.39, 0.29) is 19.1 Å². The number of nitrogens with one attached hydrogen (secondary N) is 2. The normalized spacial score (nSPS) is 14.1. The van der Waals surface area contributed by atoms with Crippen LogP contribution in [0.25, 0.3) is 11.1 Å². The molecule has 0 aromatic heterocycles. The van der Waals surface area contributed by atoms with Crippen molar-refractivity contribution in [3.63, 3.8) is 0 Å². The fourth-order valence-corrected chi connectivity index (χ4v) is 5.22. The third-order valence-electron chi connectivity index (χ3n) is 7.39. The first-order chi connectivity index (χ1) is 20.4. The van der Waals surface area contributed by atoms with Crippen LogP contribution in [-0.2, 0) is 25.7 Å². The van der Waals surface area contributed by atoms with Gasteiger partial charge in [0.25, 0.3) is 0 Å². The highest BCUT2D eigenvalue weighted by Crippen LogP contribution is 2.44. The molecule has 0 aliphatic heterocycles. The number of aliphatic carboxylic acids is 1. The molecule has 0 saturated carbocycles. The van der Waals surface area contributed by atoms with Crippen LogP contribution in [0.4, 0.5) is 4.79 Å². The summed E-state index contributed by atoms with van der Waals surface area (Å²) in [5.74, 6) is -2.10. The molecule has 3 atom stereocenters. The molecule has 4 aromatic carbocycles. The average Bonchev–Trinajstić information content (AvgIpc) is 3.34. The Bertz CT molecular complexity index is 1500. The Hall–Kier alpha value is -4.95. The van der Waals surface area contributed by atoms with Crippen molar-refractivity contribution in [3.8, 4) is 11.1 Å². The highest BCUT2D eigenvalue weighted by atomic mass is 16.5. The summed E-state index contributed by atoms with van der Waals surface area (Å²) in [6.45, 7) is 1.84. The van der Waals surface area contributed by atoms with Gasteiger partial charge in [0.15, 0.2) is 6.04 Å². The highest BCUT2D eigenvalue weighted by molar-refractivity contribution is 5.90. The van der Waals surface area contributed by atoms with E-state index in [4.69, 9.17) is 9.47 Å². The zero-order valence-electron chi connectivity index (χ0n) is 23.1. The van der Waals surface area contributed by atoms with Gasteiger partial charge in [0, 0.05) is 5.92 Å². The fraction of sp³-hybridized carbons (Fsp3) is 0.206. The quantitative estimate of drug-likeness (QED) is 0.224. The van der Waals surface area contributed by atoms with Gasteiger partial charge in [-0.25, -0.2) is 9.59 Å². The van der Waals surface area contributed by atoms with E-state index in [2.05, 4.69) is 10.6 Å². The Morgan fingerprint density at radius 3 is 1.90 bits per heavy atom. The van der Waals surface area contributed by atoms with Crippen LogP contribution in [0.1, 0.15) is 41.1 Å². The third kappa shape index (κ3) is 6.50. The zero-order valence-corrected chi connectivity index (χ0v) is 23.1. The molecular formula is C34H32N2O6. The van der Waals surface area contributed by atoms with Gasteiger partial charge in [0.05, 0.1) is 12.7 Å². The number of amides is 2. The lowest BCUT2D eigenvalue weighted by Crippen LogP contribution is -2.52. The van der Waals surface area contributed by atoms with E-state index < -0.39 is 36.2 Å². The summed E-state index contributed by atoms with van der Waals surface area (Å²) in [4.78, 5) is 38.6. The number of hydrogen-bond acceptors (Lipinski definition) is 5. The first kappa shape index (κ1) is 28.6. The molecule has 3 unspecified atom stereocenters. The van der Waals surface area contributed by atoms with Crippen LogP contribution in [0.2, 0.25) is 0 Å². The number of carbonyl (C=O) groups is 3. The lowest BCUT2D eigenvalue weighted by Gasteiger charge is -2.25. The maximum atomic E-state index is 13.5. The van der Waals surface area contributed by atoms with E-state index in [0.717, 1.165) is 27.8 Å². The van der Waals surface area contributed by atoms with Crippen molar-refractivity contribution in [2.45, 2.75) is 37.6 Å². The number of alkyl carbamates (subject to hydrolysis) is 1. The predicted molar refractivity (Wildman–Crippen MR) is 158 cm³/mol. The molecule has 5 rings (SSSR count). The summed E-state index contributed by atoms with van der Waals surface area (Å²) >= 11 is 0. The van der Waals surface area contributed by atoms with Gasteiger partial charge in [0.1, 0.15) is 12.6 Å². The Labute approximate surface area is 244 Å². The molecule has 2 amide bonds. The maximum Gasteiger partial charge on any atom is 0.408 e. The van der Waals surface area contributed by atoms with Gasteiger partial charge in [0.2, 0.25) is 5.91 Å². The van der Waals surface area contributed by atoms with Gasteiger partial charge < -0.3 is 25.2 Å². The predicted octanol–water partition coefficient (Wildman–Crippen LogP) is 5.44. The SMILES string of the molecule is CC(OCc1ccccc1)C(NC(=O)C(NC(=O)OCC1c2ccccc2-c2ccccc21)c1ccccc1)C(=O)O. The van der Waals surface area contributed by atoms with Crippen LogP contribution in [0.3, 0.4) is 0 Å². The first-order valence-corrected chi connectivity index (χ1v) is 13.8. The standard InChI is InChI=1S/C34H32N2O6/c1-22(41-20-23-12-4-2-5-13-23)30(33(38)39)35-32(37)31(24-14-6-3-7-15-24)36-34(40)42-21-29-27-18-10-8-16-25(27)26-17-9-11-19-28(26)29/h2-19,22,29-31H,20-21H2,1H3,(H,35,37)(H,36,40)(H,38,39). The number of carboxylic acid groups (broad SMARTS) is 1. The van der Waals surface area contributed by atoms with Crippen LogP contribution < -0.4 is 10.6 Å². The Kier molecular flexibility index (Phi) is 8.94. The van der Waals surface area contributed by atoms with Crippen molar-refractivity contribution >= 4 is 18.0 Å². The van der Waals surface area contributed by atoms with Crippen LogP contribution in [0.5, 0.6) is 0 Å². The van der Waals surface area contributed by atoms with Crippen molar-refractivity contribution < 1.29 is 29.0 Å². The minimum atomic E-state index is -1.35. The zero-order chi connectivity index (χ0) is 29.5. The molecular weight excluding hydrogens is 532 g/mol. The van der Waals surface area contributed by atoms with E-state index in [1.165, 1.54) is 0 Å². The molecule has 1 aliphatic rings. The van der Waals surface area contributed by atoms with Crippen LogP contribution in [0.15, 0.2) is 109 Å². The lowest BCUT2D eigenvalue weighted by molar-refractivity contribution is -0.146. The van der Waals surface area contributed by atoms with E-state index in [9.17, 15) is 19.5 Å². The molecule has 1 aliphatic carbocycles. The van der Waals surface area contributed by atoms with Crippen LogP contribution in [-0.4, -0.2) is 41.8 Å². The molecule has 42 heavy (non-hydrogen) atoms. The molecule has 8 nitrogen and oxygen atoms in total. The van der Waals surface area contributed by atoms with E-state index >= 15 is 0 Å². The minimum Gasteiger partial charge on any atom is -0.480 e. The second-order valence-corrected chi connectivity index (χ2v) is 10.1. The number of ether oxygens (including phenoxy) is 2. The second-order valence-electron chi connectivity index (χ2n) is 10.1. The Morgan fingerprint density at radius 2 is 1.31 bits per heavy atom. The van der Waals surface area contributed by atoms with Gasteiger partial charge in [-0.05, 0) is 40.3 Å². The molecule has 8 heteroatoms. The Morgan fingerprint density at radius 1 is 0.762 bits per heavy atom. The molecule has 3 N–H and O–H groups in total. The summed E-state index contributed by atoms with van der Waals surface area (Å²) in [7, 11) is 0. The number of fused-ring (bicyclic) bond motifs is 3. The molecule has 0 heterocycles. The summed E-state index contributed by atoms with van der Waals surface area (Å²) in [6, 6.07) is 31.4. The average molecular weight is 565 g/mol. The molecule has 214 valence electrons. The topological polar surface area (TPSA) is 114 Å². The number of hydrogen-bond donors (Lipinski definition) is 3. The number of carboxylic acids is 1. The van der Waals surface area contributed by atoms with Crippen LogP contribution in [0, 0.1) is 0 Å². The van der Waals surface area contributed by atoms with E-state index in [1.54, 1.807) is 37.3 Å². The smallest absolute Gasteiger partial charge is 0.408 e. The fourth-order valence-electron chi connectivity index (χ4n) is 5.22. The maximum absolute atomic E-state index is 13.5. The van der Waals surface area contributed by atoms with Crippen molar-refractivity contribution in [1.82, 2.24) is 10.6 Å². The number of carbonyl (C=O) groups excluding carboxylic acids is 2. The minimum absolute atomic E-state index is 0.0745. The van der Waals surface area contributed by atoms with Gasteiger partial charge >= 0.3 is 12.1 Å². The summed E-state index contributed by atoms with van der Waals surface area (Å²) in [5, 5.41) is 15.1. The molecule has 0 saturated heterocycles. The number of rotatable bonds is 11. The largest absolute Gasteiger partial charge is 0.480 e. The second kappa shape index (κ2) is 13.1. The first-order valence-electron chi connectivity index (χ1n) is 13.8. The Balaban J connectivity index is 1.27. The van der Waals surface area contributed by atoms with Crippen LogP contribution >= 0.6 is 0 Å². The third-order valence-corrected chi connectivity index (χ3v) is 7.39. The monoisotopic (exact) mass is 564 g/mol. The summed E-state index contributed by atoms with van der Waals surface area (Å²) in [5.41, 5.74) is 5.69. The molecule has 0 bridgehead atoms. The van der Waals surface area contributed by atoms with Crippen molar-refractivity contribution in [2.24, 2.45) is 0 Å². The lowest BCUT2D eigenvalue weighted by atomic mass is 9.98. The van der Waals surface area contributed by atoms with Crippen molar-refractivity contribution in [3.05, 3.63) is 131 Å². The van der Waals surface area contributed by atoms with Gasteiger partial charge in [-0.2, -0.15) is 0 Å². The van der Waals surface area contributed by atoms with Gasteiger partial charge in [-0.3, -0.25) is 4.79 Å². The summed E-state index contributed by atoms with van der Waals surface area (Å²) in [6.07, 6.45) is -1.64. The molecule has 0 fully saturated rings.